The largest absolute Gasteiger partial charge is 0.416 e. The third kappa shape index (κ3) is 16.6. The van der Waals surface area contributed by atoms with Gasteiger partial charge in [-0.15, -0.1) is 0 Å². The SMILES string of the molecule is FC(F)(F)c1cc(NC(=S)N[C@H](CCN=C(NCC[C@H](Cc2ccccc2)NC(=S)Nc2cc(C(F)(F)F)cc(C(F)(F)F)c2)N2CCCCC2)Cc2ccccc2)cc(C(F)(F)F)c1. The number of piperidine rings is 1. The smallest absolute Gasteiger partial charge is 0.359 e. The van der Waals surface area contributed by atoms with Gasteiger partial charge in [-0.2, -0.15) is 52.7 Å². The summed E-state index contributed by atoms with van der Waals surface area (Å²) in [5.41, 5.74) is -5.21. The molecule has 65 heavy (non-hydrogen) atoms. The van der Waals surface area contributed by atoms with Crippen molar-refractivity contribution in [3.63, 3.8) is 0 Å². The molecule has 21 heteroatoms. The van der Waals surface area contributed by atoms with Gasteiger partial charge in [0, 0.05) is 49.6 Å². The number of aliphatic imine (C=N–C) groups is 1. The molecule has 1 aliphatic rings. The minimum atomic E-state index is -5.05. The van der Waals surface area contributed by atoms with E-state index in [1.165, 1.54) is 0 Å². The van der Waals surface area contributed by atoms with Crippen LogP contribution in [-0.4, -0.2) is 59.3 Å². The second-order valence-electron chi connectivity index (χ2n) is 15.3. The number of benzene rings is 4. The zero-order valence-corrected chi connectivity index (χ0v) is 36.0. The summed E-state index contributed by atoms with van der Waals surface area (Å²) in [4.78, 5) is 6.97. The molecular formula is C44H45F12N7S2. The molecule has 0 amide bonds. The van der Waals surface area contributed by atoms with Crippen molar-refractivity contribution < 1.29 is 52.7 Å². The lowest BCUT2D eigenvalue weighted by Crippen LogP contribution is -2.46. The van der Waals surface area contributed by atoms with Gasteiger partial charge in [0.15, 0.2) is 16.2 Å². The van der Waals surface area contributed by atoms with Crippen molar-refractivity contribution in [1.82, 2.24) is 20.9 Å². The van der Waals surface area contributed by atoms with Crippen LogP contribution in [0.5, 0.6) is 0 Å². The van der Waals surface area contributed by atoms with Gasteiger partial charge in [-0.1, -0.05) is 60.7 Å². The van der Waals surface area contributed by atoms with Crippen LogP contribution in [0.25, 0.3) is 0 Å². The van der Waals surface area contributed by atoms with Crippen molar-refractivity contribution in [2.24, 2.45) is 4.99 Å². The Morgan fingerprint density at radius 2 is 0.923 bits per heavy atom. The Morgan fingerprint density at radius 1 is 0.538 bits per heavy atom. The highest BCUT2D eigenvalue weighted by Gasteiger charge is 2.38. The minimum Gasteiger partial charge on any atom is -0.359 e. The second-order valence-corrected chi connectivity index (χ2v) is 16.1. The third-order valence-electron chi connectivity index (χ3n) is 10.2. The maximum Gasteiger partial charge on any atom is 0.416 e. The molecule has 5 rings (SSSR count). The quantitative estimate of drug-likeness (QED) is 0.0370. The lowest BCUT2D eigenvalue weighted by atomic mass is 10.0. The minimum absolute atomic E-state index is 0.0289. The Hall–Kier alpha value is -5.31. The summed E-state index contributed by atoms with van der Waals surface area (Å²) in [6, 6.07) is 19.7. The molecule has 0 saturated carbocycles. The first-order valence-electron chi connectivity index (χ1n) is 20.4. The second kappa shape index (κ2) is 22.3. The van der Waals surface area contributed by atoms with E-state index in [-0.39, 0.29) is 28.9 Å². The van der Waals surface area contributed by atoms with Gasteiger partial charge < -0.3 is 31.5 Å². The maximum absolute atomic E-state index is 13.5. The number of alkyl halides is 12. The Morgan fingerprint density at radius 3 is 1.31 bits per heavy atom. The fraction of sp³-hybridized carbons (Fsp3) is 0.386. The predicted octanol–water partition coefficient (Wildman–Crippen LogP) is 11.5. The number of thiocarbonyl (C=S) groups is 2. The molecule has 0 spiro atoms. The number of anilines is 2. The molecule has 0 unspecified atom stereocenters. The van der Waals surface area contributed by atoms with Gasteiger partial charge in [0.25, 0.3) is 0 Å². The summed E-state index contributed by atoms with van der Waals surface area (Å²) in [7, 11) is 0. The van der Waals surface area contributed by atoms with Gasteiger partial charge in [-0.3, -0.25) is 4.99 Å². The topological polar surface area (TPSA) is 75.8 Å². The van der Waals surface area contributed by atoms with Gasteiger partial charge in [-0.05, 0) is 117 Å². The van der Waals surface area contributed by atoms with E-state index >= 15 is 0 Å². The van der Waals surface area contributed by atoms with E-state index in [9.17, 15) is 52.7 Å². The van der Waals surface area contributed by atoms with Crippen LogP contribution in [0.15, 0.2) is 102 Å². The Kier molecular flexibility index (Phi) is 17.4. The van der Waals surface area contributed by atoms with Crippen LogP contribution in [0, 0.1) is 0 Å². The Balaban J connectivity index is 1.30. The molecule has 0 aromatic heterocycles. The number of guanidine groups is 1. The first kappa shape index (κ1) is 50.7. The number of hydrogen-bond acceptors (Lipinski definition) is 3. The first-order chi connectivity index (χ1) is 30.5. The summed E-state index contributed by atoms with van der Waals surface area (Å²) in [6.45, 7) is 1.91. The molecule has 0 bridgehead atoms. The summed E-state index contributed by atoms with van der Waals surface area (Å²) >= 11 is 10.8. The number of rotatable bonds is 14. The number of nitrogens with one attached hydrogen (secondary N) is 5. The van der Waals surface area contributed by atoms with Crippen LogP contribution < -0.4 is 26.6 Å². The highest BCUT2D eigenvalue weighted by Crippen LogP contribution is 2.39. The standard InChI is InChI=1S/C44H45F12N7S2/c45-41(46,47)30-22-31(42(48,49)50)25-36(24-30)61-39(64)59-34(20-28-10-4-1-5-11-28)14-16-57-38(63-18-8-3-9-19-63)58-17-15-35(21-29-12-6-2-7-13-29)60-40(65)62-37-26-32(43(51,52)53)23-33(27-37)44(54,55)56/h1-2,4-7,10-13,22-27,34-35H,3,8-9,14-21H2,(H,57,58)(H2,59,61,64)(H2,60,62,65)/t34-,35-/m1/s1. The normalized spacial score (nSPS) is 14.9. The van der Waals surface area contributed by atoms with E-state index in [0.29, 0.717) is 75.5 Å². The number of halogens is 12. The fourth-order valence-corrected chi connectivity index (χ4v) is 7.63. The van der Waals surface area contributed by atoms with Crippen LogP contribution in [0.1, 0.15) is 65.5 Å². The molecule has 2 atom stereocenters. The molecule has 1 saturated heterocycles. The van der Waals surface area contributed by atoms with Gasteiger partial charge in [0.1, 0.15) is 0 Å². The summed E-state index contributed by atoms with van der Waals surface area (Å²) in [6.07, 6.45) is -15.9. The van der Waals surface area contributed by atoms with Crippen molar-refractivity contribution in [3.8, 4) is 0 Å². The third-order valence-corrected chi connectivity index (χ3v) is 10.6. The summed E-state index contributed by atoms with van der Waals surface area (Å²) < 4.78 is 163. The monoisotopic (exact) mass is 963 g/mol. The number of hydrogen-bond donors (Lipinski definition) is 5. The Labute approximate surface area is 378 Å². The van der Waals surface area contributed by atoms with Crippen LogP contribution >= 0.6 is 24.4 Å². The molecule has 352 valence electrons. The molecule has 4 aromatic carbocycles. The van der Waals surface area contributed by atoms with Crippen LogP contribution in [0.2, 0.25) is 0 Å². The van der Waals surface area contributed by atoms with Crippen molar-refractivity contribution >= 4 is 52.0 Å². The zero-order chi connectivity index (χ0) is 47.4. The predicted molar refractivity (Wildman–Crippen MR) is 234 cm³/mol. The van der Waals surface area contributed by atoms with Crippen molar-refractivity contribution in [3.05, 3.63) is 130 Å². The van der Waals surface area contributed by atoms with Gasteiger partial charge in [-0.25, -0.2) is 0 Å². The van der Waals surface area contributed by atoms with Crippen LogP contribution in [0.3, 0.4) is 0 Å². The number of nitrogens with zero attached hydrogens (tertiary/aromatic N) is 2. The van der Waals surface area contributed by atoms with E-state index < -0.39 is 70.4 Å². The zero-order valence-electron chi connectivity index (χ0n) is 34.4. The summed E-state index contributed by atoms with van der Waals surface area (Å²) in [5, 5.41) is 14.1. The maximum atomic E-state index is 13.5. The molecule has 0 aliphatic carbocycles. The lowest BCUT2D eigenvalue weighted by molar-refractivity contribution is -0.144. The van der Waals surface area contributed by atoms with E-state index in [0.717, 1.165) is 30.4 Å². The summed E-state index contributed by atoms with van der Waals surface area (Å²) in [5.74, 6) is 0.565. The molecule has 7 nitrogen and oxygen atoms in total. The molecule has 1 aliphatic heterocycles. The fourth-order valence-electron chi connectivity index (χ4n) is 7.06. The average Bonchev–Trinajstić information content (AvgIpc) is 3.22. The Bertz CT molecular complexity index is 2140. The molecule has 4 aromatic rings. The van der Waals surface area contributed by atoms with Crippen LogP contribution in [-0.2, 0) is 37.5 Å². The molecule has 1 fully saturated rings. The average molecular weight is 964 g/mol. The van der Waals surface area contributed by atoms with Crippen molar-refractivity contribution in [1.29, 1.82) is 0 Å². The first-order valence-corrected chi connectivity index (χ1v) is 21.2. The van der Waals surface area contributed by atoms with Crippen molar-refractivity contribution in [2.75, 3.05) is 36.8 Å². The number of likely N-dealkylation sites (tertiary alicyclic amines) is 1. The van der Waals surface area contributed by atoms with Gasteiger partial charge in [0.05, 0.1) is 22.3 Å². The van der Waals surface area contributed by atoms with Crippen LogP contribution in [0.4, 0.5) is 64.1 Å². The van der Waals surface area contributed by atoms with Gasteiger partial charge >= 0.3 is 24.7 Å². The molecular weight excluding hydrogens is 919 g/mol. The van der Waals surface area contributed by atoms with E-state index in [1.807, 2.05) is 60.7 Å². The molecule has 5 N–H and O–H groups in total. The van der Waals surface area contributed by atoms with Gasteiger partial charge in [0.2, 0.25) is 0 Å². The molecule has 1 heterocycles. The highest BCUT2D eigenvalue weighted by molar-refractivity contribution is 7.80. The highest BCUT2D eigenvalue weighted by atomic mass is 32.1. The van der Waals surface area contributed by atoms with Crippen molar-refractivity contribution in [2.45, 2.75) is 81.7 Å². The van der Waals surface area contributed by atoms with E-state index in [2.05, 4.69) is 31.5 Å². The molecule has 0 radical (unpaired) electrons. The van der Waals surface area contributed by atoms with E-state index in [4.69, 9.17) is 29.4 Å². The van der Waals surface area contributed by atoms with E-state index in [1.54, 1.807) is 0 Å². The lowest BCUT2D eigenvalue weighted by Gasteiger charge is -2.31.